The molecule has 0 amide bonds. The van der Waals surface area contributed by atoms with Crippen molar-refractivity contribution < 1.29 is 17.9 Å². The van der Waals surface area contributed by atoms with Crippen LogP contribution in [0.5, 0.6) is 5.75 Å². The van der Waals surface area contributed by atoms with Gasteiger partial charge < -0.3 is 4.74 Å². The molecule has 0 saturated carbocycles. The minimum Gasteiger partial charge on any atom is -0.497 e. The Morgan fingerprint density at radius 1 is 1.07 bits per heavy atom. The average molecular weight is 433 g/mol. The van der Waals surface area contributed by atoms with Gasteiger partial charge in [-0.25, -0.2) is 9.36 Å². The number of hydrogen-bond acceptors (Lipinski definition) is 5. The molecule has 0 bridgehead atoms. The second kappa shape index (κ2) is 7.13. The van der Waals surface area contributed by atoms with Gasteiger partial charge in [-0.2, -0.15) is 17.5 Å². The van der Waals surface area contributed by atoms with Crippen molar-refractivity contribution in [2.24, 2.45) is 7.05 Å². The van der Waals surface area contributed by atoms with Crippen molar-refractivity contribution in [3.8, 4) is 22.7 Å². The first kappa shape index (κ1) is 19.9. The van der Waals surface area contributed by atoms with Crippen LogP contribution >= 0.6 is 11.5 Å². The molecule has 0 aliphatic carbocycles. The lowest BCUT2D eigenvalue weighted by Crippen LogP contribution is -2.40. The molecule has 4 rings (SSSR count). The summed E-state index contributed by atoms with van der Waals surface area (Å²) in [6.07, 6.45) is -4.81. The van der Waals surface area contributed by atoms with E-state index in [0.29, 0.717) is 32.0 Å². The average Bonchev–Trinajstić information content (AvgIpc) is 3.13. The Labute approximate surface area is 171 Å². The summed E-state index contributed by atoms with van der Waals surface area (Å²) >= 11 is 1.23. The van der Waals surface area contributed by atoms with Crippen LogP contribution in [0.3, 0.4) is 0 Å². The fourth-order valence-corrected chi connectivity index (χ4v) is 3.96. The van der Waals surface area contributed by atoms with Crippen LogP contribution in [0.15, 0.2) is 58.1 Å². The molecule has 30 heavy (non-hydrogen) atoms. The fourth-order valence-electron chi connectivity index (χ4n) is 3.18. The molecule has 154 valence electrons. The Kier molecular flexibility index (Phi) is 4.73. The molecule has 4 aromatic rings. The fraction of sp³-hybridized carbons (Fsp3) is 0.150. The third-order valence-corrected chi connectivity index (χ3v) is 5.49. The Hall–Kier alpha value is -3.40. The molecule has 2 heterocycles. The number of hydrogen-bond donors (Lipinski definition) is 0. The smallest absolute Gasteiger partial charge is 0.431 e. The minimum absolute atomic E-state index is 0.158. The van der Waals surface area contributed by atoms with E-state index in [-0.39, 0.29) is 5.69 Å². The Bertz CT molecular complexity index is 1390. The molecule has 0 unspecified atom stereocenters. The van der Waals surface area contributed by atoms with Crippen LogP contribution < -0.4 is 16.0 Å². The van der Waals surface area contributed by atoms with E-state index in [9.17, 15) is 22.8 Å². The zero-order valence-corrected chi connectivity index (χ0v) is 16.5. The molecule has 0 fully saturated rings. The highest BCUT2D eigenvalue weighted by Gasteiger charge is 2.35. The van der Waals surface area contributed by atoms with Crippen molar-refractivity contribution in [2.75, 3.05) is 7.11 Å². The third kappa shape index (κ3) is 3.28. The van der Waals surface area contributed by atoms with E-state index in [1.807, 2.05) is 6.07 Å². The number of nitrogens with zero attached hydrogens (tertiary/aromatic N) is 3. The van der Waals surface area contributed by atoms with E-state index in [4.69, 9.17) is 4.74 Å². The predicted octanol–water partition coefficient (Wildman–Crippen LogP) is 3.84. The summed E-state index contributed by atoms with van der Waals surface area (Å²) in [5, 5.41) is 0.666. The van der Waals surface area contributed by atoms with Gasteiger partial charge >= 0.3 is 11.9 Å². The number of benzene rings is 2. The van der Waals surface area contributed by atoms with Gasteiger partial charge in [0.25, 0.3) is 5.56 Å². The highest BCUT2D eigenvalue weighted by molar-refractivity contribution is 7.13. The van der Waals surface area contributed by atoms with E-state index >= 15 is 0 Å². The van der Waals surface area contributed by atoms with E-state index in [1.54, 1.807) is 37.4 Å². The first-order chi connectivity index (χ1) is 14.2. The van der Waals surface area contributed by atoms with Crippen LogP contribution in [-0.4, -0.2) is 20.6 Å². The quantitative estimate of drug-likeness (QED) is 0.493. The zero-order valence-electron chi connectivity index (χ0n) is 15.7. The first-order valence-corrected chi connectivity index (χ1v) is 9.42. The van der Waals surface area contributed by atoms with Crippen LogP contribution in [-0.2, 0) is 13.2 Å². The van der Waals surface area contributed by atoms with Gasteiger partial charge in [-0.1, -0.05) is 12.1 Å². The van der Waals surface area contributed by atoms with Crippen molar-refractivity contribution >= 4 is 21.6 Å². The van der Waals surface area contributed by atoms with Gasteiger partial charge in [-0.05, 0) is 41.9 Å². The molecule has 0 N–H and O–H groups in total. The molecule has 6 nitrogen and oxygen atoms in total. The van der Waals surface area contributed by atoms with Crippen molar-refractivity contribution in [3.05, 3.63) is 75.1 Å². The number of fused-ring (bicyclic) bond motifs is 1. The lowest BCUT2D eigenvalue weighted by Gasteiger charge is -2.14. The van der Waals surface area contributed by atoms with Crippen molar-refractivity contribution in [2.45, 2.75) is 6.18 Å². The van der Waals surface area contributed by atoms with Gasteiger partial charge in [-0.15, -0.1) is 0 Å². The van der Waals surface area contributed by atoms with Crippen LogP contribution in [0.4, 0.5) is 13.2 Å². The van der Waals surface area contributed by atoms with E-state index in [1.165, 1.54) is 17.6 Å². The van der Waals surface area contributed by atoms with E-state index < -0.39 is 23.1 Å². The number of halogens is 3. The topological polar surface area (TPSA) is 66.1 Å². The molecule has 0 atom stereocenters. The number of alkyl halides is 3. The van der Waals surface area contributed by atoms with Crippen molar-refractivity contribution in [3.63, 3.8) is 0 Å². The largest absolute Gasteiger partial charge is 0.497 e. The van der Waals surface area contributed by atoms with Gasteiger partial charge in [0.05, 0.1) is 23.2 Å². The summed E-state index contributed by atoms with van der Waals surface area (Å²) in [6, 6.07) is 12.4. The molecular weight excluding hydrogens is 419 g/mol. The lowest BCUT2D eigenvalue weighted by atomic mass is 10.1. The highest BCUT2D eigenvalue weighted by atomic mass is 32.1. The number of rotatable bonds is 3. The maximum Gasteiger partial charge on any atom is 0.431 e. The van der Waals surface area contributed by atoms with Gasteiger partial charge in [0.1, 0.15) is 11.4 Å². The normalized spacial score (nSPS) is 11.8. The van der Waals surface area contributed by atoms with Crippen LogP contribution in [0.2, 0.25) is 0 Å². The molecule has 0 aliphatic rings. The summed E-state index contributed by atoms with van der Waals surface area (Å²) in [7, 11) is 2.52. The molecule has 0 spiro atoms. The van der Waals surface area contributed by atoms with Crippen LogP contribution in [0.1, 0.15) is 5.69 Å². The number of methoxy groups -OCH3 is 1. The first-order valence-electron chi connectivity index (χ1n) is 8.65. The Balaban J connectivity index is 1.93. The summed E-state index contributed by atoms with van der Waals surface area (Å²) < 4.78 is 50.9. The Morgan fingerprint density at radius 3 is 2.53 bits per heavy atom. The molecule has 0 saturated heterocycles. The number of ether oxygens (including phenoxy) is 1. The van der Waals surface area contributed by atoms with E-state index in [2.05, 4.69) is 4.37 Å². The summed E-state index contributed by atoms with van der Waals surface area (Å²) in [4.78, 5) is 25.0. The van der Waals surface area contributed by atoms with E-state index in [0.717, 1.165) is 17.3 Å². The van der Waals surface area contributed by atoms with Gasteiger partial charge in [-0.3, -0.25) is 9.36 Å². The maximum atomic E-state index is 13.1. The second-order valence-corrected chi connectivity index (χ2v) is 7.29. The zero-order chi connectivity index (χ0) is 21.6. The highest BCUT2D eigenvalue weighted by Crippen LogP contribution is 2.33. The second-order valence-electron chi connectivity index (χ2n) is 6.49. The molecule has 10 heteroatoms. The lowest BCUT2D eigenvalue weighted by molar-refractivity contribution is -0.144. The molecule has 0 radical (unpaired) electrons. The molecule has 0 aliphatic heterocycles. The number of aromatic nitrogens is 3. The monoisotopic (exact) mass is 433 g/mol. The summed E-state index contributed by atoms with van der Waals surface area (Å²) in [5.74, 6) is 0.637. The Morgan fingerprint density at radius 2 is 1.83 bits per heavy atom. The third-order valence-electron chi connectivity index (χ3n) is 4.67. The van der Waals surface area contributed by atoms with Gasteiger partial charge in [0, 0.05) is 24.1 Å². The van der Waals surface area contributed by atoms with Gasteiger partial charge in [0.15, 0.2) is 0 Å². The minimum atomic E-state index is -4.81. The molecule has 2 aromatic carbocycles. The van der Waals surface area contributed by atoms with Gasteiger partial charge in [0.2, 0.25) is 0 Å². The predicted molar refractivity (Wildman–Crippen MR) is 107 cm³/mol. The summed E-state index contributed by atoms with van der Waals surface area (Å²) in [5.41, 5.74) is -1.90. The summed E-state index contributed by atoms with van der Waals surface area (Å²) in [6.45, 7) is 0. The molecular formula is C20H14F3N3O3S. The van der Waals surface area contributed by atoms with Crippen molar-refractivity contribution in [1.82, 2.24) is 13.5 Å². The SMILES string of the molecule is COc1cccc(-c2nsc3ccc(-n4c(=O)cc(C(F)(F)F)n(C)c4=O)cc23)c1. The van der Waals surface area contributed by atoms with Crippen molar-refractivity contribution in [1.29, 1.82) is 0 Å². The van der Waals surface area contributed by atoms with Crippen LogP contribution in [0.25, 0.3) is 27.0 Å². The standard InChI is InChI=1S/C20H14F3N3O3S/c1-25-16(20(21,22)23)10-17(27)26(19(25)28)12-6-7-15-14(9-12)18(24-30-15)11-4-3-5-13(8-11)29-2/h3-10H,1-2H3. The maximum absolute atomic E-state index is 13.1. The molecule has 2 aromatic heterocycles. The van der Waals surface area contributed by atoms with Crippen LogP contribution in [0, 0.1) is 0 Å².